The molecule has 3 heteroatoms. The highest BCUT2D eigenvalue weighted by Gasteiger charge is 2.12. The second-order valence-electron chi connectivity index (χ2n) is 3.65. The molecule has 0 heterocycles. The van der Waals surface area contributed by atoms with Crippen molar-refractivity contribution in [3.05, 3.63) is 28.8 Å². The summed E-state index contributed by atoms with van der Waals surface area (Å²) < 4.78 is 10.6. The normalized spacial score (nSPS) is 12.6. The van der Waals surface area contributed by atoms with Crippen molar-refractivity contribution < 1.29 is 9.47 Å². The number of nitrogens with two attached hydrogens (primary N) is 1. The molecular formula is C12H19NO2. The predicted molar refractivity (Wildman–Crippen MR) is 61.3 cm³/mol. The third-order valence-corrected chi connectivity index (χ3v) is 2.56. The van der Waals surface area contributed by atoms with Crippen molar-refractivity contribution in [3.8, 4) is 5.75 Å². The lowest BCUT2D eigenvalue weighted by Gasteiger charge is -2.17. The zero-order chi connectivity index (χ0) is 11.4. The summed E-state index contributed by atoms with van der Waals surface area (Å²) in [4.78, 5) is 0. The quantitative estimate of drug-likeness (QED) is 0.824. The second-order valence-corrected chi connectivity index (χ2v) is 3.65. The van der Waals surface area contributed by atoms with E-state index < -0.39 is 0 Å². The second kappa shape index (κ2) is 5.14. The van der Waals surface area contributed by atoms with Crippen molar-refractivity contribution in [2.45, 2.75) is 20.0 Å². The Labute approximate surface area is 91.2 Å². The summed E-state index contributed by atoms with van der Waals surface area (Å²) in [6.07, 6.45) is -0.0340. The molecule has 1 aromatic carbocycles. The van der Waals surface area contributed by atoms with Crippen LogP contribution in [0.3, 0.4) is 0 Å². The summed E-state index contributed by atoms with van der Waals surface area (Å²) in [5.41, 5.74) is 8.96. The first kappa shape index (κ1) is 12.0. The molecule has 0 saturated carbocycles. The Morgan fingerprint density at radius 1 is 1.20 bits per heavy atom. The average molecular weight is 209 g/mol. The van der Waals surface area contributed by atoms with Crippen molar-refractivity contribution in [1.29, 1.82) is 0 Å². The van der Waals surface area contributed by atoms with Crippen molar-refractivity contribution in [2.24, 2.45) is 5.73 Å². The molecule has 15 heavy (non-hydrogen) atoms. The molecule has 1 atom stereocenters. The van der Waals surface area contributed by atoms with Crippen LogP contribution in [0, 0.1) is 13.8 Å². The number of ether oxygens (including phenoxy) is 2. The molecule has 0 radical (unpaired) electrons. The first-order valence-electron chi connectivity index (χ1n) is 5.02. The summed E-state index contributed by atoms with van der Waals surface area (Å²) in [7, 11) is 3.36. The molecule has 0 bridgehead atoms. The predicted octanol–water partition coefficient (Wildman–Crippen LogP) is 1.96. The lowest BCUT2D eigenvalue weighted by Crippen LogP contribution is -2.14. The monoisotopic (exact) mass is 209 g/mol. The van der Waals surface area contributed by atoms with Gasteiger partial charge in [-0.25, -0.2) is 0 Å². The van der Waals surface area contributed by atoms with Gasteiger partial charge in [-0.05, 0) is 42.7 Å². The molecule has 0 amide bonds. The van der Waals surface area contributed by atoms with Gasteiger partial charge in [-0.1, -0.05) is 0 Å². The number of hydrogen-bond donors (Lipinski definition) is 1. The van der Waals surface area contributed by atoms with Crippen LogP contribution in [0.15, 0.2) is 12.1 Å². The summed E-state index contributed by atoms with van der Waals surface area (Å²) in [5, 5.41) is 0. The van der Waals surface area contributed by atoms with Crippen molar-refractivity contribution in [3.63, 3.8) is 0 Å². The summed E-state index contributed by atoms with van der Waals surface area (Å²) in [5.74, 6) is 0.936. The molecular weight excluding hydrogens is 190 g/mol. The maximum Gasteiger partial charge on any atom is 0.124 e. The SMILES string of the molecule is COc1c(C)cc(C(CN)OC)cc1C. The van der Waals surface area contributed by atoms with Gasteiger partial charge in [0.15, 0.2) is 0 Å². The van der Waals surface area contributed by atoms with E-state index in [0.29, 0.717) is 6.54 Å². The van der Waals surface area contributed by atoms with E-state index in [1.54, 1.807) is 14.2 Å². The van der Waals surface area contributed by atoms with Crippen molar-refractivity contribution in [2.75, 3.05) is 20.8 Å². The molecule has 0 saturated heterocycles. The Hall–Kier alpha value is -1.06. The Kier molecular flexibility index (Phi) is 4.12. The fourth-order valence-electron chi connectivity index (χ4n) is 1.86. The van der Waals surface area contributed by atoms with E-state index in [1.165, 1.54) is 0 Å². The van der Waals surface area contributed by atoms with Crippen LogP contribution in [0.4, 0.5) is 0 Å². The van der Waals surface area contributed by atoms with E-state index >= 15 is 0 Å². The average Bonchev–Trinajstić information content (AvgIpc) is 2.19. The van der Waals surface area contributed by atoms with Crippen LogP contribution in [-0.4, -0.2) is 20.8 Å². The van der Waals surface area contributed by atoms with E-state index in [1.807, 2.05) is 13.8 Å². The third-order valence-electron chi connectivity index (χ3n) is 2.56. The number of rotatable bonds is 4. The Morgan fingerprint density at radius 2 is 1.73 bits per heavy atom. The largest absolute Gasteiger partial charge is 0.496 e. The maximum absolute atomic E-state index is 5.63. The topological polar surface area (TPSA) is 44.5 Å². The molecule has 84 valence electrons. The van der Waals surface area contributed by atoms with Crippen LogP contribution in [-0.2, 0) is 4.74 Å². The highest BCUT2D eigenvalue weighted by atomic mass is 16.5. The summed E-state index contributed by atoms with van der Waals surface area (Å²) in [6, 6.07) is 4.12. The smallest absolute Gasteiger partial charge is 0.124 e. The van der Waals surface area contributed by atoms with Crippen molar-refractivity contribution >= 4 is 0 Å². The highest BCUT2D eigenvalue weighted by Crippen LogP contribution is 2.27. The van der Waals surface area contributed by atoms with Gasteiger partial charge < -0.3 is 15.2 Å². The lowest BCUT2D eigenvalue weighted by molar-refractivity contribution is 0.110. The van der Waals surface area contributed by atoms with Crippen LogP contribution >= 0.6 is 0 Å². The first-order valence-corrected chi connectivity index (χ1v) is 5.02. The fourth-order valence-corrected chi connectivity index (χ4v) is 1.86. The molecule has 0 aliphatic carbocycles. The van der Waals surface area contributed by atoms with E-state index in [2.05, 4.69) is 12.1 Å². The van der Waals surface area contributed by atoms with Gasteiger partial charge in [0, 0.05) is 13.7 Å². The molecule has 1 aromatic rings. The minimum atomic E-state index is -0.0340. The van der Waals surface area contributed by atoms with Crippen LogP contribution < -0.4 is 10.5 Å². The van der Waals surface area contributed by atoms with Gasteiger partial charge in [-0.3, -0.25) is 0 Å². The number of aryl methyl sites for hydroxylation is 2. The van der Waals surface area contributed by atoms with Gasteiger partial charge in [0.25, 0.3) is 0 Å². The molecule has 1 unspecified atom stereocenters. The number of hydrogen-bond acceptors (Lipinski definition) is 3. The van der Waals surface area contributed by atoms with E-state index in [4.69, 9.17) is 15.2 Å². The molecule has 0 spiro atoms. The molecule has 0 aromatic heterocycles. The summed E-state index contributed by atoms with van der Waals surface area (Å²) in [6.45, 7) is 4.54. The minimum Gasteiger partial charge on any atom is -0.496 e. The fraction of sp³-hybridized carbons (Fsp3) is 0.500. The van der Waals surface area contributed by atoms with Gasteiger partial charge in [0.05, 0.1) is 13.2 Å². The molecule has 0 aliphatic rings. The molecule has 0 aliphatic heterocycles. The number of benzene rings is 1. The molecule has 0 fully saturated rings. The molecule has 3 nitrogen and oxygen atoms in total. The van der Waals surface area contributed by atoms with E-state index in [9.17, 15) is 0 Å². The van der Waals surface area contributed by atoms with Crippen LogP contribution in [0.25, 0.3) is 0 Å². The van der Waals surface area contributed by atoms with Gasteiger partial charge >= 0.3 is 0 Å². The van der Waals surface area contributed by atoms with Crippen LogP contribution in [0.5, 0.6) is 5.75 Å². The van der Waals surface area contributed by atoms with Gasteiger partial charge in [-0.15, -0.1) is 0 Å². The Balaban J connectivity index is 3.12. The van der Waals surface area contributed by atoms with Gasteiger partial charge in [-0.2, -0.15) is 0 Å². The standard InChI is InChI=1S/C12H19NO2/c1-8-5-10(11(7-13)14-3)6-9(2)12(8)15-4/h5-6,11H,7,13H2,1-4H3. The summed E-state index contributed by atoms with van der Waals surface area (Å²) >= 11 is 0. The Bertz CT molecular complexity index is 309. The zero-order valence-electron chi connectivity index (χ0n) is 9.83. The Morgan fingerprint density at radius 3 is 2.07 bits per heavy atom. The molecule has 1 rings (SSSR count). The highest BCUT2D eigenvalue weighted by molar-refractivity contribution is 5.44. The third kappa shape index (κ3) is 2.49. The number of methoxy groups -OCH3 is 2. The van der Waals surface area contributed by atoms with Crippen LogP contribution in [0.1, 0.15) is 22.8 Å². The van der Waals surface area contributed by atoms with Gasteiger partial charge in [0.2, 0.25) is 0 Å². The van der Waals surface area contributed by atoms with Crippen LogP contribution in [0.2, 0.25) is 0 Å². The van der Waals surface area contributed by atoms with E-state index in [-0.39, 0.29) is 6.10 Å². The minimum absolute atomic E-state index is 0.0340. The molecule has 2 N–H and O–H groups in total. The van der Waals surface area contributed by atoms with Crippen molar-refractivity contribution in [1.82, 2.24) is 0 Å². The first-order chi connectivity index (χ1) is 7.13. The maximum atomic E-state index is 5.63. The zero-order valence-corrected chi connectivity index (χ0v) is 9.83. The van der Waals surface area contributed by atoms with E-state index in [0.717, 1.165) is 22.4 Å². The van der Waals surface area contributed by atoms with Gasteiger partial charge in [0.1, 0.15) is 5.75 Å². The lowest BCUT2D eigenvalue weighted by atomic mass is 10.0.